The van der Waals surface area contributed by atoms with Crippen LogP contribution in [0.2, 0.25) is 0 Å². The van der Waals surface area contributed by atoms with Crippen LogP contribution in [0.25, 0.3) is 0 Å². The number of aryl methyl sites for hydroxylation is 2. The molecule has 0 saturated heterocycles. The van der Waals surface area contributed by atoms with Gasteiger partial charge in [-0.3, -0.25) is 0 Å². The van der Waals surface area contributed by atoms with Gasteiger partial charge in [0.2, 0.25) is 0 Å². The zero-order valence-electron chi connectivity index (χ0n) is 9.79. The van der Waals surface area contributed by atoms with Crippen LogP contribution >= 0.6 is 23.5 Å². The first-order chi connectivity index (χ1) is 7.26. The smallest absolute Gasteiger partial charge is 0.104 e. The molecule has 0 spiro atoms. The maximum Gasteiger partial charge on any atom is 0.104 e. The van der Waals surface area contributed by atoms with Gasteiger partial charge in [-0.25, -0.2) is 0 Å². The Kier molecular flexibility index (Phi) is 6.34. The van der Waals surface area contributed by atoms with Crippen LogP contribution in [0.3, 0.4) is 0 Å². The van der Waals surface area contributed by atoms with Gasteiger partial charge in [0.05, 0.1) is 0 Å². The Labute approximate surface area is 101 Å². The van der Waals surface area contributed by atoms with Crippen molar-refractivity contribution < 1.29 is 4.42 Å². The van der Waals surface area contributed by atoms with Gasteiger partial charge in [-0.15, -0.1) is 0 Å². The zero-order chi connectivity index (χ0) is 11.1. The van der Waals surface area contributed by atoms with Crippen LogP contribution < -0.4 is 0 Å². The minimum absolute atomic E-state index is 0.767. The fourth-order valence-corrected chi connectivity index (χ4v) is 3.14. The fourth-order valence-electron chi connectivity index (χ4n) is 1.56. The van der Waals surface area contributed by atoms with E-state index in [1.165, 1.54) is 19.3 Å². The summed E-state index contributed by atoms with van der Waals surface area (Å²) in [4.78, 5) is 0. The van der Waals surface area contributed by atoms with Gasteiger partial charge in [-0.05, 0) is 44.4 Å². The molecular formula is C12H20OS2. The predicted octanol–water partition coefficient (Wildman–Crippen LogP) is 4.35. The quantitative estimate of drug-likeness (QED) is 0.523. The van der Waals surface area contributed by atoms with Crippen molar-refractivity contribution in [3.8, 4) is 0 Å². The molecule has 0 bridgehead atoms. The second kappa shape index (κ2) is 7.29. The van der Waals surface area contributed by atoms with Crippen LogP contribution in [-0.4, -0.2) is 17.1 Å². The number of unbranched alkanes of at least 4 members (excludes halogenated alkanes) is 1. The Bertz CT molecular complexity index is 266. The molecule has 1 aromatic heterocycles. The van der Waals surface area contributed by atoms with Gasteiger partial charge in [0.25, 0.3) is 0 Å². The molecule has 0 radical (unpaired) electrons. The maximum atomic E-state index is 5.53. The average Bonchev–Trinajstić information content (AvgIpc) is 2.65. The SMILES string of the molecule is CSC(CCCCc1ccc(C)o1)SC. The average molecular weight is 244 g/mol. The zero-order valence-corrected chi connectivity index (χ0v) is 11.4. The minimum Gasteiger partial charge on any atom is -0.466 e. The number of furan rings is 1. The van der Waals surface area contributed by atoms with Crippen molar-refractivity contribution in [2.45, 2.75) is 37.2 Å². The molecule has 0 unspecified atom stereocenters. The van der Waals surface area contributed by atoms with E-state index in [9.17, 15) is 0 Å². The van der Waals surface area contributed by atoms with Crippen LogP contribution in [0.15, 0.2) is 16.5 Å². The molecule has 0 aromatic carbocycles. The lowest BCUT2D eigenvalue weighted by Gasteiger charge is -2.09. The largest absolute Gasteiger partial charge is 0.466 e. The van der Waals surface area contributed by atoms with Gasteiger partial charge in [-0.2, -0.15) is 23.5 Å². The molecule has 1 rings (SSSR count). The molecular weight excluding hydrogens is 224 g/mol. The third-order valence-corrected chi connectivity index (χ3v) is 5.11. The second-order valence-electron chi connectivity index (χ2n) is 3.66. The lowest BCUT2D eigenvalue weighted by molar-refractivity contribution is 0.473. The first-order valence-electron chi connectivity index (χ1n) is 5.37. The van der Waals surface area contributed by atoms with Crippen LogP contribution in [0.1, 0.15) is 30.8 Å². The molecule has 0 aliphatic heterocycles. The lowest BCUT2D eigenvalue weighted by Crippen LogP contribution is -1.95. The Morgan fingerprint density at radius 3 is 2.47 bits per heavy atom. The molecule has 0 aliphatic rings. The summed E-state index contributed by atoms with van der Waals surface area (Å²) in [5.74, 6) is 2.16. The Hall–Kier alpha value is -0.0200. The molecule has 0 amide bonds. The highest BCUT2D eigenvalue weighted by Gasteiger charge is 2.04. The molecule has 0 fully saturated rings. The van der Waals surface area contributed by atoms with E-state index in [1.807, 2.05) is 36.5 Å². The maximum absolute atomic E-state index is 5.53. The minimum atomic E-state index is 0.767. The van der Waals surface area contributed by atoms with Crippen molar-refractivity contribution in [2.75, 3.05) is 12.5 Å². The summed E-state index contributed by atoms with van der Waals surface area (Å²) in [5.41, 5.74) is 0. The standard InChI is InChI=1S/C12H20OS2/c1-10-8-9-11(13-10)6-4-5-7-12(14-2)15-3/h8-9,12H,4-7H2,1-3H3. The van der Waals surface area contributed by atoms with E-state index in [0.717, 1.165) is 22.5 Å². The highest BCUT2D eigenvalue weighted by molar-refractivity contribution is 8.16. The van der Waals surface area contributed by atoms with E-state index in [2.05, 4.69) is 18.6 Å². The summed E-state index contributed by atoms with van der Waals surface area (Å²) in [6.45, 7) is 2.00. The normalized spacial score (nSPS) is 11.2. The van der Waals surface area contributed by atoms with Crippen LogP contribution in [-0.2, 0) is 6.42 Å². The monoisotopic (exact) mass is 244 g/mol. The van der Waals surface area contributed by atoms with E-state index in [0.29, 0.717) is 0 Å². The lowest BCUT2D eigenvalue weighted by atomic mass is 10.2. The van der Waals surface area contributed by atoms with E-state index in [4.69, 9.17) is 4.42 Å². The van der Waals surface area contributed by atoms with Gasteiger partial charge >= 0.3 is 0 Å². The molecule has 0 N–H and O–H groups in total. The van der Waals surface area contributed by atoms with Crippen molar-refractivity contribution in [3.63, 3.8) is 0 Å². The highest BCUT2D eigenvalue weighted by Crippen LogP contribution is 2.24. The topological polar surface area (TPSA) is 13.1 Å². The van der Waals surface area contributed by atoms with Gasteiger partial charge in [0, 0.05) is 11.0 Å². The highest BCUT2D eigenvalue weighted by atomic mass is 32.2. The third kappa shape index (κ3) is 5.03. The molecule has 1 aromatic rings. The van der Waals surface area contributed by atoms with Crippen LogP contribution in [0.5, 0.6) is 0 Å². The molecule has 15 heavy (non-hydrogen) atoms. The summed E-state index contributed by atoms with van der Waals surface area (Å²) in [7, 11) is 0. The molecule has 0 saturated carbocycles. The summed E-state index contributed by atoms with van der Waals surface area (Å²) in [6.07, 6.45) is 9.32. The van der Waals surface area contributed by atoms with Crippen molar-refractivity contribution >= 4 is 23.5 Å². The molecule has 0 aliphatic carbocycles. The van der Waals surface area contributed by atoms with E-state index in [-0.39, 0.29) is 0 Å². The van der Waals surface area contributed by atoms with Gasteiger partial charge in [0.1, 0.15) is 11.5 Å². The number of thioether (sulfide) groups is 2. The second-order valence-corrected chi connectivity index (χ2v) is 6.04. The predicted molar refractivity (Wildman–Crippen MR) is 71.8 cm³/mol. The summed E-state index contributed by atoms with van der Waals surface area (Å²) in [6, 6.07) is 4.14. The van der Waals surface area contributed by atoms with Crippen molar-refractivity contribution in [1.82, 2.24) is 0 Å². The number of hydrogen-bond donors (Lipinski definition) is 0. The van der Waals surface area contributed by atoms with Crippen molar-refractivity contribution in [3.05, 3.63) is 23.7 Å². The van der Waals surface area contributed by atoms with Crippen molar-refractivity contribution in [1.29, 1.82) is 0 Å². The first-order valence-corrected chi connectivity index (χ1v) is 7.94. The number of hydrogen-bond acceptors (Lipinski definition) is 3. The molecule has 3 heteroatoms. The Morgan fingerprint density at radius 2 is 1.93 bits per heavy atom. The van der Waals surface area contributed by atoms with Gasteiger partial charge in [-0.1, -0.05) is 6.42 Å². The summed E-state index contributed by atoms with van der Waals surface area (Å²) in [5, 5.41) is 0. The van der Waals surface area contributed by atoms with Crippen molar-refractivity contribution in [2.24, 2.45) is 0 Å². The van der Waals surface area contributed by atoms with Gasteiger partial charge in [0.15, 0.2) is 0 Å². The van der Waals surface area contributed by atoms with E-state index in [1.54, 1.807) is 0 Å². The molecule has 0 atom stereocenters. The first kappa shape index (κ1) is 13.0. The Balaban J connectivity index is 2.11. The molecule has 1 heterocycles. The molecule has 86 valence electrons. The number of rotatable bonds is 7. The third-order valence-electron chi connectivity index (χ3n) is 2.43. The van der Waals surface area contributed by atoms with Gasteiger partial charge < -0.3 is 4.42 Å². The summed E-state index contributed by atoms with van der Waals surface area (Å²) < 4.78 is 6.30. The van der Waals surface area contributed by atoms with E-state index < -0.39 is 0 Å². The van der Waals surface area contributed by atoms with E-state index >= 15 is 0 Å². The fraction of sp³-hybridized carbons (Fsp3) is 0.667. The summed E-state index contributed by atoms with van der Waals surface area (Å²) >= 11 is 3.92. The van der Waals surface area contributed by atoms with Crippen LogP contribution in [0, 0.1) is 6.92 Å². The Morgan fingerprint density at radius 1 is 1.20 bits per heavy atom. The molecule has 1 nitrogen and oxygen atoms in total. The van der Waals surface area contributed by atoms with Crippen LogP contribution in [0.4, 0.5) is 0 Å².